The summed E-state index contributed by atoms with van der Waals surface area (Å²) in [6.45, 7) is 0. The maximum Gasteiger partial charge on any atom is 0.221 e. The van der Waals surface area contributed by atoms with Crippen molar-refractivity contribution in [3.63, 3.8) is 0 Å². The normalized spacial score (nSPS) is 18.9. The molecule has 0 unspecified atom stereocenters. The van der Waals surface area contributed by atoms with Gasteiger partial charge < -0.3 is 5.73 Å². The van der Waals surface area contributed by atoms with Crippen LogP contribution in [0.25, 0.3) is 0 Å². The van der Waals surface area contributed by atoms with Gasteiger partial charge in [0.05, 0.1) is 6.20 Å². The average Bonchev–Trinajstić information content (AvgIpc) is 2.49. The highest BCUT2D eigenvalue weighted by molar-refractivity contribution is 6.01. The van der Waals surface area contributed by atoms with Crippen LogP contribution in [-0.4, -0.2) is 11.7 Å². The molecule has 0 aromatic rings. The summed E-state index contributed by atoms with van der Waals surface area (Å²) < 4.78 is 0. The van der Waals surface area contributed by atoms with Crippen LogP contribution in [0.5, 0.6) is 0 Å². The number of azo groups is 1. The number of carbonyl (C=O) groups is 1. The molecule has 1 amide bonds. The molecule has 66 valence electrons. The molecule has 0 radical (unpaired) electrons. The summed E-state index contributed by atoms with van der Waals surface area (Å²) in [5, 5.41) is 7.52. The van der Waals surface area contributed by atoms with E-state index in [1.54, 1.807) is 12.4 Å². The minimum Gasteiger partial charge on any atom is -0.369 e. The van der Waals surface area contributed by atoms with E-state index < -0.39 is 0 Å². The van der Waals surface area contributed by atoms with Gasteiger partial charge in [-0.3, -0.25) is 4.79 Å². The van der Waals surface area contributed by atoms with Crippen molar-refractivity contribution < 1.29 is 4.79 Å². The zero-order valence-corrected chi connectivity index (χ0v) is 6.90. The minimum absolute atomic E-state index is 0.258. The van der Waals surface area contributed by atoms with Crippen molar-refractivity contribution in [2.45, 2.75) is 12.8 Å². The first kappa shape index (κ1) is 7.85. The van der Waals surface area contributed by atoms with Crippen molar-refractivity contribution in [1.82, 2.24) is 0 Å². The molecule has 2 N–H and O–H groups in total. The van der Waals surface area contributed by atoms with Gasteiger partial charge in [0, 0.05) is 24.6 Å². The van der Waals surface area contributed by atoms with Crippen molar-refractivity contribution in [2.24, 2.45) is 21.0 Å². The van der Waals surface area contributed by atoms with Crippen molar-refractivity contribution in [3.05, 3.63) is 23.5 Å². The highest BCUT2D eigenvalue weighted by atomic mass is 16.1. The second kappa shape index (κ2) is 2.93. The fourth-order valence-corrected chi connectivity index (χ4v) is 1.28. The van der Waals surface area contributed by atoms with Gasteiger partial charge in [0.15, 0.2) is 5.84 Å². The second-order valence-electron chi connectivity index (χ2n) is 2.93. The maximum absolute atomic E-state index is 10.6. The molecule has 2 aliphatic rings. The van der Waals surface area contributed by atoms with Crippen LogP contribution in [0.1, 0.15) is 12.8 Å². The summed E-state index contributed by atoms with van der Waals surface area (Å²) in [6, 6.07) is 0. The van der Waals surface area contributed by atoms with E-state index in [4.69, 9.17) is 5.73 Å². The summed E-state index contributed by atoms with van der Waals surface area (Å²) in [4.78, 5) is 14.7. The SMILES string of the molecule is NC(=O)CC1=CN=C2N=NC=C2C1. The Kier molecular flexibility index (Phi) is 1.77. The largest absolute Gasteiger partial charge is 0.369 e. The third-order valence-corrected chi connectivity index (χ3v) is 1.84. The van der Waals surface area contributed by atoms with Crippen LogP contribution in [0.4, 0.5) is 0 Å². The highest BCUT2D eigenvalue weighted by Crippen LogP contribution is 2.24. The van der Waals surface area contributed by atoms with Crippen LogP contribution in [0.2, 0.25) is 0 Å². The number of primary amides is 1. The number of fused-ring (bicyclic) bond motifs is 1. The third kappa shape index (κ3) is 1.53. The highest BCUT2D eigenvalue weighted by Gasteiger charge is 2.17. The molecular formula is C8H8N4O. The van der Waals surface area contributed by atoms with Crippen molar-refractivity contribution in [3.8, 4) is 0 Å². The monoisotopic (exact) mass is 176 g/mol. The van der Waals surface area contributed by atoms with Gasteiger partial charge in [-0.2, -0.15) is 5.11 Å². The number of aliphatic imine (C=N–C) groups is 1. The Hall–Kier alpha value is -1.78. The number of hydrogen-bond donors (Lipinski definition) is 1. The quantitative estimate of drug-likeness (QED) is 0.666. The zero-order chi connectivity index (χ0) is 9.26. The summed E-state index contributed by atoms with van der Waals surface area (Å²) in [7, 11) is 0. The van der Waals surface area contributed by atoms with Crippen molar-refractivity contribution in [2.75, 3.05) is 0 Å². The lowest BCUT2D eigenvalue weighted by molar-refractivity contribution is -0.117. The van der Waals surface area contributed by atoms with Crippen LogP contribution in [-0.2, 0) is 4.79 Å². The van der Waals surface area contributed by atoms with E-state index >= 15 is 0 Å². The topological polar surface area (TPSA) is 80.2 Å². The predicted octanol–water partition coefficient (Wildman–Crippen LogP) is 0.898. The molecule has 0 atom stereocenters. The lowest BCUT2D eigenvalue weighted by atomic mass is 10.0. The molecule has 0 fully saturated rings. The Morgan fingerprint density at radius 2 is 2.38 bits per heavy atom. The number of amidine groups is 1. The molecule has 0 aliphatic carbocycles. The summed E-state index contributed by atoms with van der Waals surface area (Å²) in [5.41, 5.74) is 6.93. The van der Waals surface area contributed by atoms with Gasteiger partial charge in [-0.15, -0.1) is 5.11 Å². The average molecular weight is 176 g/mol. The summed E-state index contributed by atoms with van der Waals surface area (Å²) >= 11 is 0. The number of hydrogen-bond acceptors (Lipinski definition) is 4. The summed E-state index contributed by atoms with van der Waals surface area (Å²) in [6.07, 6.45) is 4.23. The molecule has 0 saturated heterocycles. The van der Waals surface area contributed by atoms with Crippen LogP contribution < -0.4 is 5.73 Å². The van der Waals surface area contributed by atoms with E-state index in [1.165, 1.54) is 0 Å². The van der Waals surface area contributed by atoms with Gasteiger partial charge in [0.2, 0.25) is 5.91 Å². The zero-order valence-electron chi connectivity index (χ0n) is 6.90. The molecule has 2 rings (SSSR count). The first-order valence-corrected chi connectivity index (χ1v) is 3.90. The Morgan fingerprint density at radius 1 is 1.54 bits per heavy atom. The molecule has 13 heavy (non-hydrogen) atoms. The minimum atomic E-state index is -0.336. The van der Waals surface area contributed by atoms with E-state index in [2.05, 4.69) is 15.2 Å². The Labute approximate surface area is 74.7 Å². The van der Waals surface area contributed by atoms with Crippen LogP contribution >= 0.6 is 0 Å². The first-order valence-electron chi connectivity index (χ1n) is 3.90. The van der Waals surface area contributed by atoms with Gasteiger partial charge in [-0.25, -0.2) is 4.99 Å². The van der Waals surface area contributed by atoms with Crippen LogP contribution in [0.3, 0.4) is 0 Å². The smallest absolute Gasteiger partial charge is 0.221 e. The molecule has 2 heterocycles. The van der Waals surface area contributed by atoms with E-state index in [0.717, 1.165) is 11.1 Å². The lowest BCUT2D eigenvalue weighted by Crippen LogP contribution is -2.13. The molecule has 0 bridgehead atoms. The van der Waals surface area contributed by atoms with E-state index in [0.29, 0.717) is 12.3 Å². The van der Waals surface area contributed by atoms with Gasteiger partial charge in [-0.1, -0.05) is 0 Å². The second-order valence-corrected chi connectivity index (χ2v) is 2.93. The fourth-order valence-electron chi connectivity index (χ4n) is 1.28. The van der Waals surface area contributed by atoms with Gasteiger partial charge in [0.25, 0.3) is 0 Å². The first-order chi connectivity index (χ1) is 6.25. The number of rotatable bonds is 2. The molecule has 0 saturated carbocycles. The molecule has 0 aromatic heterocycles. The molecular weight excluding hydrogens is 168 g/mol. The van der Waals surface area contributed by atoms with E-state index in [9.17, 15) is 4.79 Å². The Bertz CT molecular complexity index is 376. The fraction of sp³-hybridized carbons (Fsp3) is 0.250. The van der Waals surface area contributed by atoms with E-state index in [-0.39, 0.29) is 12.3 Å². The molecule has 5 heteroatoms. The number of nitrogens with two attached hydrogens (primary N) is 1. The molecule has 5 nitrogen and oxygen atoms in total. The molecule has 0 aromatic carbocycles. The predicted molar refractivity (Wildman–Crippen MR) is 46.9 cm³/mol. The standard InChI is InChI=1S/C8H8N4O/c9-7(13)2-5-1-6-4-11-12-8(6)10-3-5/h3-4H,1-2H2,(H2,9,13). The molecule has 0 spiro atoms. The van der Waals surface area contributed by atoms with Gasteiger partial charge >= 0.3 is 0 Å². The number of carbonyl (C=O) groups excluding carboxylic acids is 1. The maximum atomic E-state index is 10.6. The van der Waals surface area contributed by atoms with Crippen LogP contribution in [0, 0.1) is 0 Å². The Balaban J connectivity index is 2.16. The van der Waals surface area contributed by atoms with Crippen molar-refractivity contribution in [1.29, 1.82) is 0 Å². The van der Waals surface area contributed by atoms with Crippen LogP contribution in [0.15, 0.2) is 38.8 Å². The Morgan fingerprint density at radius 3 is 3.15 bits per heavy atom. The number of amides is 1. The molecule has 2 aliphatic heterocycles. The van der Waals surface area contributed by atoms with Gasteiger partial charge in [0.1, 0.15) is 0 Å². The third-order valence-electron chi connectivity index (χ3n) is 1.84. The van der Waals surface area contributed by atoms with E-state index in [1.807, 2.05) is 0 Å². The summed E-state index contributed by atoms with van der Waals surface area (Å²) in [5.74, 6) is 0.311. The van der Waals surface area contributed by atoms with Gasteiger partial charge in [-0.05, 0) is 5.57 Å². The van der Waals surface area contributed by atoms with Crippen molar-refractivity contribution >= 4 is 11.7 Å². The lowest BCUT2D eigenvalue weighted by Gasteiger charge is -2.08. The number of nitrogens with zero attached hydrogens (tertiary/aromatic N) is 3.